The van der Waals surface area contributed by atoms with E-state index in [1.807, 2.05) is 18.4 Å². The van der Waals surface area contributed by atoms with E-state index in [2.05, 4.69) is 44.5 Å². The Hall–Kier alpha value is 0.0600. The van der Waals surface area contributed by atoms with E-state index in [4.69, 9.17) is 4.74 Å². The first-order valence-corrected chi connectivity index (χ1v) is 7.68. The molecule has 17 heavy (non-hydrogen) atoms. The molecule has 3 nitrogen and oxygen atoms in total. The lowest BCUT2D eigenvalue weighted by molar-refractivity contribution is -0.0677. The van der Waals surface area contributed by atoms with Crippen molar-refractivity contribution in [3.8, 4) is 0 Å². The summed E-state index contributed by atoms with van der Waals surface area (Å²) >= 11 is 5.45. The molecular formula is C12H19BrN2OS. The molecule has 0 radical (unpaired) electrons. The van der Waals surface area contributed by atoms with Crippen molar-refractivity contribution in [3.05, 3.63) is 20.8 Å². The van der Waals surface area contributed by atoms with Gasteiger partial charge in [0, 0.05) is 22.4 Å². The molecule has 0 saturated carbocycles. The number of thiophene rings is 1. The van der Waals surface area contributed by atoms with E-state index in [1.54, 1.807) is 0 Å². The molecule has 1 N–H and O–H groups in total. The molecule has 0 aliphatic carbocycles. The molecule has 1 aliphatic heterocycles. The molecule has 1 aliphatic rings. The van der Waals surface area contributed by atoms with Crippen LogP contribution in [0.15, 0.2) is 15.9 Å². The number of ether oxygens (including phenoxy) is 1. The van der Waals surface area contributed by atoms with E-state index < -0.39 is 0 Å². The fourth-order valence-electron chi connectivity index (χ4n) is 2.36. The Morgan fingerprint density at radius 2 is 2.47 bits per heavy atom. The summed E-state index contributed by atoms with van der Waals surface area (Å²) < 4.78 is 7.13. The molecule has 5 heteroatoms. The van der Waals surface area contributed by atoms with Crippen LogP contribution in [0.1, 0.15) is 17.8 Å². The Bertz CT molecular complexity index is 356. The van der Waals surface area contributed by atoms with Crippen LogP contribution in [0.5, 0.6) is 0 Å². The second-order valence-electron chi connectivity index (χ2n) is 4.17. The molecule has 2 heterocycles. The maximum absolute atomic E-state index is 5.92. The minimum absolute atomic E-state index is 0.239. The first kappa shape index (κ1) is 13.5. The summed E-state index contributed by atoms with van der Waals surface area (Å²) in [6, 6.07) is 2.49. The van der Waals surface area contributed by atoms with E-state index in [0.29, 0.717) is 6.04 Å². The topological polar surface area (TPSA) is 24.5 Å². The van der Waals surface area contributed by atoms with Crippen LogP contribution < -0.4 is 5.32 Å². The number of morpholine rings is 1. The molecule has 2 atom stereocenters. The van der Waals surface area contributed by atoms with Gasteiger partial charge in [-0.2, -0.15) is 0 Å². The molecule has 1 fully saturated rings. The Kier molecular flexibility index (Phi) is 4.99. The van der Waals surface area contributed by atoms with Gasteiger partial charge >= 0.3 is 0 Å². The number of hydrogen-bond donors (Lipinski definition) is 1. The largest absolute Gasteiger partial charge is 0.374 e. The molecule has 0 bridgehead atoms. The van der Waals surface area contributed by atoms with Gasteiger partial charge in [-0.25, -0.2) is 0 Å². The van der Waals surface area contributed by atoms with Crippen LogP contribution >= 0.6 is 27.3 Å². The summed E-state index contributed by atoms with van der Waals surface area (Å²) in [5.41, 5.74) is 0. The van der Waals surface area contributed by atoms with Crippen molar-refractivity contribution in [2.45, 2.75) is 19.1 Å². The van der Waals surface area contributed by atoms with Crippen LogP contribution in [0.2, 0.25) is 0 Å². The van der Waals surface area contributed by atoms with Gasteiger partial charge < -0.3 is 10.1 Å². The fraction of sp³-hybridized carbons (Fsp3) is 0.667. The SMILES string of the molecule is CCN1CCOC(CNC)C1c1sccc1Br. The first-order chi connectivity index (χ1) is 8.27. The molecule has 1 saturated heterocycles. The van der Waals surface area contributed by atoms with Gasteiger partial charge in [-0.05, 0) is 41.0 Å². The number of halogens is 1. The highest BCUT2D eigenvalue weighted by molar-refractivity contribution is 9.10. The van der Waals surface area contributed by atoms with Crippen molar-refractivity contribution in [3.63, 3.8) is 0 Å². The van der Waals surface area contributed by atoms with Gasteiger partial charge in [-0.1, -0.05) is 6.92 Å². The van der Waals surface area contributed by atoms with Crippen LogP contribution in [-0.4, -0.2) is 44.3 Å². The lowest BCUT2D eigenvalue weighted by Crippen LogP contribution is -2.48. The Morgan fingerprint density at radius 1 is 1.65 bits per heavy atom. The molecule has 1 aromatic heterocycles. The molecule has 2 unspecified atom stereocenters. The van der Waals surface area contributed by atoms with Crippen LogP contribution in [0.3, 0.4) is 0 Å². The second kappa shape index (κ2) is 6.29. The Morgan fingerprint density at radius 3 is 3.06 bits per heavy atom. The summed E-state index contributed by atoms with van der Waals surface area (Å²) in [4.78, 5) is 3.88. The number of nitrogens with zero attached hydrogens (tertiary/aromatic N) is 1. The molecule has 0 amide bonds. The average molecular weight is 319 g/mol. The highest BCUT2D eigenvalue weighted by Crippen LogP contribution is 2.37. The van der Waals surface area contributed by atoms with Gasteiger partial charge in [-0.3, -0.25) is 4.90 Å². The van der Waals surface area contributed by atoms with Crippen LogP contribution in [0.4, 0.5) is 0 Å². The zero-order valence-electron chi connectivity index (χ0n) is 10.3. The van der Waals surface area contributed by atoms with Crippen LogP contribution in [0.25, 0.3) is 0 Å². The van der Waals surface area contributed by atoms with Crippen LogP contribution in [0, 0.1) is 0 Å². The van der Waals surface area contributed by atoms with E-state index >= 15 is 0 Å². The minimum atomic E-state index is 0.239. The highest BCUT2D eigenvalue weighted by Gasteiger charge is 2.34. The van der Waals surface area contributed by atoms with Crippen molar-refractivity contribution in [2.24, 2.45) is 0 Å². The Balaban J connectivity index is 2.25. The monoisotopic (exact) mass is 318 g/mol. The fourth-order valence-corrected chi connectivity index (χ4v) is 4.16. The first-order valence-electron chi connectivity index (χ1n) is 6.01. The van der Waals surface area contributed by atoms with Gasteiger partial charge in [0.2, 0.25) is 0 Å². The number of nitrogens with one attached hydrogen (secondary N) is 1. The van der Waals surface area contributed by atoms with Crippen molar-refractivity contribution in [1.29, 1.82) is 0 Å². The zero-order chi connectivity index (χ0) is 12.3. The lowest BCUT2D eigenvalue weighted by Gasteiger charge is -2.40. The zero-order valence-corrected chi connectivity index (χ0v) is 12.7. The summed E-state index contributed by atoms with van der Waals surface area (Å²) in [5.74, 6) is 0. The van der Waals surface area contributed by atoms with E-state index in [0.717, 1.165) is 26.2 Å². The maximum Gasteiger partial charge on any atom is 0.0904 e. The maximum atomic E-state index is 5.92. The van der Waals surface area contributed by atoms with E-state index in [1.165, 1.54) is 9.35 Å². The van der Waals surface area contributed by atoms with Gasteiger partial charge in [0.05, 0.1) is 18.8 Å². The average Bonchev–Trinajstić information content (AvgIpc) is 2.75. The van der Waals surface area contributed by atoms with Crippen molar-refractivity contribution >= 4 is 27.3 Å². The predicted molar refractivity (Wildman–Crippen MR) is 75.7 cm³/mol. The third kappa shape index (κ3) is 2.90. The third-order valence-corrected chi connectivity index (χ3v) is 5.12. The highest BCUT2D eigenvalue weighted by atomic mass is 79.9. The van der Waals surface area contributed by atoms with Crippen molar-refractivity contribution in [2.75, 3.05) is 33.3 Å². The van der Waals surface area contributed by atoms with Gasteiger partial charge in [-0.15, -0.1) is 11.3 Å². The second-order valence-corrected chi connectivity index (χ2v) is 5.98. The van der Waals surface area contributed by atoms with Gasteiger partial charge in [0.15, 0.2) is 0 Å². The normalized spacial score (nSPS) is 26.3. The standard InChI is InChI=1S/C12H19BrN2OS/c1-3-15-5-6-16-10(8-14-2)11(15)12-9(13)4-7-17-12/h4,7,10-11,14H,3,5-6,8H2,1-2H3. The predicted octanol–water partition coefficient (Wildman–Crippen LogP) is 2.49. The van der Waals surface area contributed by atoms with E-state index in [-0.39, 0.29) is 6.10 Å². The summed E-state index contributed by atoms with van der Waals surface area (Å²) in [7, 11) is 1.98. The van der Waals surface area contributed by atoms with Gasteiger partial charge in [0.25, 0.3) is 0 Å². The number of likely N-dealkylation sites (N-methyl/N-ethyl adjacent to an activating group) is 2. The third-order valence-electron chi connectivity index (χ3n) is 3.18. The van der Waals surface area contributed by atoms with Crippen molar-refractivity contribution < 1.29 is 4.74 Å². The molecule has 0 spiro atoms. The Labute approximate surface area is 115 Å². The molecular weight excluding hydrogens is 300 g/mol. The number of hydrogen-bond acceptors (Lipinski definition) is 4. The molecule has 1 aromatic rings. The lowest BCUT2D eigenvalue weighted by atomic mass is 10.1. The number of rotatable bonds is 4. The molecule has 96 valence electrons. The van der Waals surface area contributed by atoms with Crippen LogP contribution in [-0.2, 0) is 4.74 Å². The van der Waals surface area contributed by atoms with Gasteiger partial charge in [0.1, 0.15) is 0 Å². The molecule has 2 rings (SSSR count). The van der Waals surface area contributed by atoms with Crippen molar-refractivity contribution in [1.82, 2.24) is 10.2 Å². The summed E-state index contributed by atoms with van der Waals surface area (Å²) in [6.07, 6.45) is 0.239. The summed E-state index contributed by atoms with van der Waals surface area (Å²) in [6.45, 7) is 6.03. The summed E-state index contributed by atoms with van der Waals surface area (Å²) in [5, 5.41) is 5.37. The smallest absolute Gasteiger partial charge is 0.0904 e. The quantitative estimate of drug-likeness (QED) is 0.923. The minimum Gasteiger partial charge on any atom is -0.374 e. The van der Waals surface area contributed by atoms with E-state index in [9.17, 15) is 0 Å². The molecule has 0 aromatic carbocycles.